The summed E-state index contributed by atoms with van der Waals surface area (Å²) >= 11 is 1.38. The lowest BCUT2D eigenvalue weighted by molar-refractivity contribution is -0.152. The first kappa shape index (κ1) is 28.4. The van der Waals surface area contributed by atoms with E-state index in [2.05, 4.69) is 10.6 Å². The molecule has 3 aromatic rings. The van der Waals surface area contributed by atoms with Crippen LogP contribution in [0.4, 0.5) is 4.39 Å². The molecule has 3 heterocycles. The van der Waals surface area contributed by atoms with Crippen molar-refractivity contribution in [2.75, 3.05) is 26.3 Å². The number of halogens is 1. The third kappa shape index (κ3) is 6.29. The Morgan fingerprint density at radius 1 is 1.12 bits per heavy atom. The van der Waals surface area contributed by atoms with E-state index < -0.39 is 23.6 Å². The maximum Gasteiger partial charge on any atom is 0.251 e. The number of likely N-dealkylation sites (tertiary alicyclic amines) is 1. The molecule has 5 rings (SSSR count). The number of carbonyl (C=O) groups excluding carboxylic acids is 3. The van der Waals surface area contributed by atoms with Gasteiger partial charge < -0.3 is 30.7 Å². The predicted molar refractivity (Wildman–Crippen MR) is 151 cm³/mol. The Kier molecular flexibility index (Phi) is 8.15. The number of thiophene rings is 1. The Hall–Kier alpha value is -4.13. The molecule has 2 saturated heterocycles. The van der Waals surface area contributed by atoms with Crippen molar-refractivity contribution in [3.05, 3.63) is 81.8 Å². The number of benzene rings is 2. The van der Waals surface area contributed by atoms with Gasteiger partial charge in [-0.05, 0) is 48.4 Å². The van der Waals surface area contributed by atoms with Crippen molar-refractivity contribution in [3.63, 3.8) is 0 Å². The molecule has 0 aliphatic carbocycles. The van der Waals surface area contributed by atoms with Crippen LogP contribution in [0.3, 0.4) is 0 Å². The number of nitrogens with two attached hydrogens (primary N) is 1. The molecule has 2 fully saturated rings. The van der Waals surface area contributed by atoms with Crippen molar-refractivity contribution >= 4 is 34.9 Å². The van der Waals surface area contributed by atoms with E-state index in [4.69, 9.17) is 20.6 Å². The highest BCUT2D eigenvalue weighted by atomic mass is 32.1. The molecule has 12 heteroatoms. The molecule has 41 heavy (non-hydrogen) atoms. The van der Waals surface area contributed by atoms with E-state index in [1.54, 1.807) is 41.8 Å². The zero-order chi connectivity index (χ0) is 29.1. The third-order valence-electron chi connectivity index (χ3n) is 7.15. The van der Waals surface area contributed by atoms with Crippen LogP contribution in [0, 0.1) is 11.2 Å². The monoisotopic (exact) mass is 579 g/mol. The average Bonchev–Trinajstić information content (AvgIpc) is 3.73. The zero-order valence-corrected chi connectivity index (χ0v) is 23.1. The molecule has 10 nitrogen and oxygen atoms in total. The minimum absolute atomic E-state index is 0.0553. The lowest BCUT2D eigenvalue weighted by Crippen LogP contribution is -2.49. The van der Waals surface area contributed by atoms with E-state index in [0.29, 0.717) is 24.3 Å². The molecule has 5 N–H and O–H groups in total. The van der Waals surface area contributed by atoms with E-state index in [1.807, 2.05) is 13.0 Å². The van der Waals surface area contributed by atoms with Crippen LogP contribution in [0.15, 0.2) is 60.0 Å². The summed E-state index contributed by atoms with van der Waals surface area (Å²) < 4.78 is 24.9. The van der Waals surface area contributed by atoms with Gasteiger partial charge in [0, 0.05) is 27.8 Å². The topological polar surface area (TPSA) is 147 Å². The van der Waals surface area contributed by atoms with Crippen LogP contribution >= 0.6 is 11.3 Å². The molecule has 0 bridgehead atoms. The van der Waals surface area contributed by atoms with Gasteiger partial charge in [0.25, 0.3) is 5.91 Å². The molecule has 2 aromatic carbocycles. The molecule has 2 atom stereocenters. The van der Waals surface area contributed by atoms with Crippen molar-refractivity contribution in [3.8, 4) is 11.1 Å². The molecule has 2 aliphatic heterocycles. The smallest absolute Gasteiger partial charge is 0.251 e. The van der Waals surface area contributed by atoms with Gasteiger partial charge in [-0.3, -0.25) is 19.8 Å². The molecule has 0 radical (unpaired) electrons. The number of carbonyl (C=O) groups is 3. The van der Waals surface area contributed by atoms with Gasteiger partial charge in [-0.2, -0.15) is 0 Å². The first-order valence-electron chi connectivity index (χ1n) is 13.1. The van der Waals surface area contributed by atoms with E-state index in [1.165, 1.54) is 28.4 Å². The second-order valence-corrected chi connectivity index (χ2v) is 10.9. The maximum absolute atomic E-state index is 13.4. The Balaban J connectivity index is 1.25. The van der Waals surface area contributed by atoms with E-state index in [9.17, 15) is 18.8 Å². The summed E-state index contributed by atoms with van der Waals surface area (Å²) in [6, 6.07) is 13.2. The van der Waals surface area contributed by atoms with Crippen LogP contribution in [0.25, 0.3) is 11.1 Å². The van der Waals surface area contributed by atoms with E-state index in [-0.39, 0.29) is 43.1 Å². The first-order valence-corrected chi connectivity index (χ1v) is 14.0. The lowest BCUT2D eigenvalue weighted by atomic mass is 10.0. The summed E-state index contributed by atoms with van der Waals surface area (Å²) in [5, 5.41) is 14.9. The zero-order valence-electron chi connectivity index (χ0n) is 22.3. The molecule has 1 aromatic heterocycles. The summed E-state index contributed by atoms with van der Waals surface area (Å²) in [5.41, 5.74) is 7.95. The molecule has 2 aliphatic rings. The van der Waals surface area contributed by atoms with Crippen LogP contribution in [0.1, 0.15) is 40.2 Å². The van der Waals surface area contributed by atoms with E-state index >= 15 is 0 Å². The number of rotatable bonds is 8. The fourth-order valence-electron chi connectivity index (χ4n) is 4.99. The first-order chi connectivity index (χ1) is 19.6. The number of amidine groups is 1. The molecular formula is C29H30FN5O5S. The fraction of sp³-hybridized carbons (Fsp3) is 0.310. The molecular weight excluding hydrogens is 549 g/mol. The normalized spacial score (nSPS) is 18.3. The molecule has 1 spiro atoms. The Morgan fingerprint density at radius 2 is 1.85 bits per heavy atom. The maximum atomic E-state index is 13.4. The second-order valence-electron chi connectivity index (χ2n) is 10.0. The van der Waals surface area contributed by atoms with Gasteiger partial charge in [0.1, 0.15) is 17.7 Å². The van der Waals surface area contributed by atoms with Gasteiger partial charge >= 0.3 is 0 Å². The number of nitrogen functional groups attached to an aromatic ring is 1. The lowest BCUT2D eigenvalue weighted by Gasteiger charge is -2.25. The Morgan fingerprint density at radius 3 is 2.54 bits per heavy atom. The number of ether oxygens (including phenoxy) is 2. The number of nitrogens with one attached hydrogen (secondary N) is 3. The quantitative estimate of drug-likeness (QED) is 0.238. The highest BCUT2D eigenvalue weighted by Gasteiger charge is 2.52. The predicted octanol–water partition coefficient (Wildman–Crippen LogP) is 2.79. The summed E-state index contributed by atoms with van der Waals surface area (Å²) in [4.78, 5) is 41.9. The van der Waals surface area contributed by atoms with Gasteiger partial charge in [0.05, 0.1) is 32.3 Å². The Labute approximate surface area is 240 Å². The van der Waals surface area contributed by atoms with Crippen molar-refractivity contribution in [1.29, 1.82) is 5.41 Å². The highest BCUT2D eigenvalue weighted by Crippen LogP contribution is 2.35. The molecule has 1 unspecified atom stereocenters. The van der Waals surface area contributed by atoms with Crippen molar-refractivity contribution in [2.45, 2.75) is 31.2 Å². The Bertz CT molecular complexity index is 1470. The third-order valence-corrected chi connectivity index (χ3v) is 8.26. The SMILES string of the molecule is C[C@@H](NC(=O)C1CC2(CN1C(=O)CNC(=O)c1cccc(-c3ccc(F)cc3)c1)OCCO2)c1cc(C(=N)N)cs1. The van der Waals surface area contributed by atoms with Crippen molar-refractivity contribution < 1.29 is 28.2 Å². The highest BCUT2D eigenvalue weighted by molar-refractivity contribution is 7.10. The number of hydrogen-bond acceptors (Lipinski definition) is 7. The van der Waals surface area contributed by atoms with Crippen LogP contribution < -0.4 is 16.4 Å². The largest absolute Gasteiger partial charge is 0.384 e. The van der Waals surface area contributed by atoms with Crippen molar-refractivity contribution in [2.24, 2.45) is 5.73 Å². The number of hydrogen-bond donors (Lipinski definition) is 4. The van der Waals surface area contributed by atoms with Crippen LogP contribution in [-0.4, -0.2) is 66.6 Å². The number of amides is 3. The second kappa shape index (κ2) is 11.8. The standard InChI is InChI=1S/C29H30FN5O5S/c1-17(24-12-21(15-41-24)26(31)32)34-28(38)23-13-29(39-9-10-40-29)16-35(23)25(36)14-33-27(37)20-4-2-3-19(11-20)18-5-7-22(30)8-6-18/h2-8,11-12,15,17,23H,9-10,13-14,16H2,1H3,(H3,31,32)(H,33,37)(H,34,38)/t17-,23?/m1/s1. The van der Waals surface area contributed by atoms with Gasteiger partial charge in [-0.25, -0.2) is 4.39 Å². The van der Waals surface area contributed by atoms with Crippen LogP contribution in [0.2, 0.25) is 0 Å². The van der Waals surface area contributed by atoms with Gasteiger partial charge in [-0.15, -0.1) is 11.3 Å². The average molecular weight is 580 g/mol. The van der Waals surface area contributed by atoms with E-state index in [0.717, 1.165) is 16.0 Å². The number of nitrogens with zero attached hydrogens (tertiary/aromatic N) is 1. The molecule has 214 valence electrons. The van der Waals surface area contributed by atoms with Crippen molar-refractivity contribution in [1.82, 2.24) is 15.5 Å². The minimum Gasteiger partial charge on any atom is -0.384 e. The molecule has 0 saturated carbocycles. The summed E-state index contributed by atoms with van der Waals surface area (Å²) in [6.45, 7) is 2.25. The summed E-state index contributed by atoms with van der Waals surface area (Å²) in [5.74, 6) is -2.77. The summed E-state index contributed by atoms with van der Waals surface area (Å²) in [6.07, 6.45) is 0.161. The summed E-state index contributed by atoms with van der Waals surface area (Å²) in [7, 11) is 0. The van der Waals surface area contributed by atoms with Crippen LogP contribution in [-0.2, 0) is 19.1 Å². The van der Waals surface area contributed by atoms with Gasteiger partial charge in [-0.1, -0.05) is 24.3 Å². The molecule has 3 amide bonds. The van der Waals surface area contributed by atoms with Crippen LogP contribution in [0.5, 0.6) is 0 Å². The fourth-order valence-corrected chi connectivity index (χ4v) is 5.90. The minimum atomic E-state index is -1.07. The van der Waals surface area contributed by atoms with Gasteiger partial charge in [0.15, 0.2) is 5.79 Å². The van der Waals surface area contributed by atoms with Gasteiger partial charge in [0.2, 0.25) is 11.8 Å².